The highest BCUT2D eigenvalue weighted by Gasteiger charge is 2.26. The highest BCUT2D eigenvalue weighted by molar-refractivity contribution is 8.79. The third-order valence-electron chi connectivity index (χ3n) is 1.53. The van der Waals surface area contributed by atoms with Crippen LogP contribution in [0.3, 0.4) is 0 Å². The SMILES string of the molecule is C1=CC(C2CCSS2)SS1. The van der Waals surface area contributed by atoms with Gasteiger partial charge >= 0.3 is 0 Å². The van der Waals surface area contributed by atoms with Crippen LogP contribution in [0.15, 0.2) is 11.5 Å². The Bertz CT molecular complexity index is 139. The molecule has 0 amide bonds. The molecule has 4 heteroatoms. The fraction of sp³-hybridized carbons (Fsp3) is 0.667. The molecule has 1 fully saturated rings. The van der Waals surface area contributed by atoms with Crippen molar-refractivity contribution < 1.29 is 0 Å². The Labute approximate surface area is 77.2 Å². The predicted molar refractivity (Wildman–Crippen MR) is 56.6 cm³/mol. The van der Waals surface area contributed by atoms with Gasteiger partial charge in [-0.1, -0.05) is 49.3 Å². The zero-order valence-electron chi connectivity index (χ0n) is 5.36. The first-order chi connectivity index (χ1) is 4.97. The molecule has 2 rings (SSSR count). The van der Waals surface area contributed by atoms with Gasteiger partial charge in [-0.2, -0.15) is 0 Å². The zero-order chi connectivity index (χ0) is 6.81. The third kappa shape index (κ3) is 1.65. The molecule has 1 saturated heterocycles. The Hall–Kier alpha value is 1.14. The molecule has 2 atom stereocenters. The van der Waals surface area contributed by atoms with Gasteiger partial charge in [0.2, 0.25) is 0 Å². The van der Waals surface area contributed by atoms with Crippen molar-refractivity contribution in [1.29, 1.82) is 0 Å². The van der Waals surface area contributed by atoms with Gasteiger partial charge in [0.15, 0.2) is 0 Å². The summed E-state index contributed by atoms with van der Waals surface area (Å²) in [5.41, 5.74) is 0. The summed E-state index contributed by atoms with van der Waals surface area (Å²) < 4.78 is 0. The van der Waals surface area contributed by atoms with Gasteiger partial charge in [-0.25, -0.2) is 0 Å². The number of hydrogen-bond donors (Lipinski definition) is 0. The summed E-state index contributed by atoms with van der Waals surface area (Å²) in [7, 11) is 7.99. The first-order valence-electron chi connectivity index (χ1n) is 3.24. The minimum Gasteiger partial charge on any atom is -0.0938 e. The quantitative estimate of drug-likeness (QED) is 0.605. The Balaban J connectivity index is 1.91. The first-order valence-corrected chi connectivity index (χ1v) is 7.90. The van der Waals surface area contributed by atoms with Crippen molar-refractivity contribution in [3.05, 3.63) is 11.5 Å². The van der Waals surface area contributed by atoms with E-state index in [9.17, 15) is 0 Å². The van der Waals surface area contributed by atoms with Crippen molar-refractivity contribution in [3.63, 3.8) is 0 Å². The van der Waals surface area contributed by atoms with Gasteiger partial charge in [-0.05, 0) is 11.8 Å². The summed E-state index contributed by atoms with van der Waals surface area (Å²) in [6, 6.07) is 0. The van der Waals surface area contributed by atoms with Crippen LogP contribution < -0.4 is 0 Å². The second-order valence-electron chi connectivity index (χ2n) is 2.23. The van der Waals surface area contributed by atoms with Crippen LogP contribution in [0, 0.1) is 0 Å². The van der Waals surface area contributed by atoms with E-state index in [1.165, 1.54) is 12.2 Å². The molecular weight excluding hydrogens is 200 g/mol. The van der Waals surface area contributed by atoms with Crippen molar-refractivity contribution in [2.75, 3.05) is 5.75 Å². The van der Waals surface area contributed by atoms with E-state index in [0.717, 1.165) is 10.5 Å². The van der Waals surface area contributed by atoms with Crippen LogP contribution in [0.1, 0.15) is 6.42 Å². The van der Waals surface area contributed by atoms with E-state index in [2.05, 4.69) is 22.3 Å². The Morgan fingerprint density at radius 2 is 2.30 bits per heavy atom. The fourth-order valence-corrected chi connectivity index (χ4v) is 6.97. The van der Waals surface area contributed by atoms with Gasteiger partial charge in [0.25, 0.3) is 0 Å². The molecule has 0 aromatic rings. The molecular formula is C6H8S4. The maximum atomic E-state index is 2.35. The summed E-state index contributed by atoms with van der Waals surface area (Å²) in [5, 5.41) is 3.91. The first kappa shape index (κ1) is 7.77. The average molecular weight is 208 g/mol. The Morgan fingerprint density at radius 3 is 2.90 bits per heavy atom. The van der Waals surface area contributed by atoms with E-state index in [4.69, 9.17) is 0 Å². The number of hydrogen-bond acceptors (Lipinski definition) is 4. The lowest BCUT2D eigenvalue weighted by molar-refractivity contribution is 0.877. The smallest absolute Gasteiger partial charge is 0.0470 e. The summed E-state index contributed by atoms with van der Waals surface area (Å²) in [6.45, 7) is 0. The molecule has 10 heavy (non-hydrogen) atoms. The molecule has 0 bridgehead atoms. The van der Waals surface area contributed by atoms with Crippen LogP contribution in [0.5, 0.6) is 0 Å². The summed E-state index contributed by atoms with van der Waals surface area (Å²) in [5.74, 6) is 1.35. The second-order valence-corrected chi connectivity index (χ2v) is 7.31. The van der Waals surface area contributed by atoms with Gasteiger partial charge in [-0.15, -0.1) is 0 Å². The molecule has 0 saturated carbocycles. The fourth-order valence-electron chi connectivity index (χ4n) is 0.991. The van der Waals surface area contributed by atoms with Crippen molar-refractivity contribution in [3.8, 4) is 0 Å². The highest BCUT2D eigenvalue weighted by atomic mass is 33.1. The molecule has 2 unspecified atom stereocenters. The molecule has 0 spiro atoms. The molecule has 56 valence electrons. The second kappa shape index (κ2) is 3.70. The van der Waals surface area contributed by atoms with Gasteiger partial charge < -0.3 is 0 Å². The predicted octanol–water partition coefficient (Wildman–Crippen LogP) is 3.42. The van der Waals surface area contributed by atoms with Crippen LogP contribution in [0.25, 0.3) is 0 Å². The third-order valence-corrected chi connectivity index (χ3v) is 7.09. The minimum absolute atomic E-state index is 0.796. The van der Waals surface area contributed by atoms with Crippen LogP contribution in [-0.4, -0.2) is 16.3 Å². The van der Waals surface area contributed by atoms with Crippen LogP contribution >= 0.6 is 43.2 Å². The summed E-state index contributed by atoms with van der Waals surface area (Å²) in [6.07, 6.45) is 3.75. The maximum Gasteiger partial charge on any atom is 0.0470 e. The van der Waals surface area contributed by atoms with E-state index in [-0.39, 0.29) is 0 Å². The van der Waals surface area contributed by atoms with Gasteiger partial charge in [0.1, 0.15) is 0 Å². The largest absolute Gasteiger partial charge is 0.0938 e. The highest BCUT2D eigenvalue weighted by Crippen LogP contribution is 2.48. The molecule has 2 aliphatic heterocycles. The van der Waals surface area contributed by atoms with Gasteiger partial charge in [0.05, 0.1) is 0 Å². The molecule has 0 radical (unpaired) electrons. The van der Waals surface area contributed by atoms with Gasteiger partial charge in [0, 0.05) is 16.3 Å². The molecule has 2 heterocycles. The minimum atomic E-state index is 0.796. The molecule has 0 aromatic carbocycles. The van der Waals surface area contributed by atoms with Crippen molar-refractivity contribution >= 4 is 43.2 Å². The van der Waals surface area contributed by atoms with Crippen LogP contribution in [0.4, 0.5) is 0 Å². The van der Waals surface area contributed by atoms with Crippen molar-refractivity contribution in [2.24, 2.45) is 0 Å². The van der Waals surface area contributed by atoms with Crippen molar-refractivity contribution in [2.45, 2.75) is 16.9 Å². The van der Waals surface area contributed by atoms with E-state index in [1.807, 2.05) is 32.4 Å². The molecule has 0 aromatic heterocycles. The summed E-state index contributed by atoms with van der Waals surface area (Å²) in [4.78, 5) is 0. The molecule has 0 aliphatic carbocycles. The average Bonchev–Trinajstić information content (AvgIpc) is 2.59. The zero-order valence-corrected chi connectivity index (χ0v) is 8.62. The molecule has 0 N–H and O–H groups in total. The topological polar surface area (TPSA) is 0 Å². The van der Waals surface area contributed by atoms with Crippen molar-refractivity contribution in [1.82, 2.24) is 0 Å². The Morgan fingerprint density at radius 1 is 1.30 bits per heavy atom. The lowest BCUT2D eigenvalue weighted by atomic mass is 10.2. The molecule has 0 nitrogen and oxygen atoms in total. The lowest BCUT2D eigenvalue weighted by Gasteiger charge is -2.11. The molecule has 2 aliphatic rings. The van der Waals surface area contributed by atoms with E-state index >= 15 is 0 Å². The standard InChI is InChI=1S/C6H8S4/c1-3-7-9-5(1)6-2-4-8-10-6/h1,3,5-6H,2,4H2. The number of rotatable bonds is 1. The van der Waals surface area contributed by atoms with E-state index < -0.39 is 0 Å². The lowest BCUT2D eigenvalue weighted by Crippen LogP contribution is -2.11. The van der Waals surface area contributed by atoms with Crippen LogP contribution in [0.2, 0.25) is 0 Å². The van der Waals surface area contributed by atoms with E-state index in [1.54, 1.807) is 0 Å². The van der Waals surface area contributed by atoms with Crippen LogP contribution in [-0.2, 0) is 0 Å². The summed E-state index contributed by atoms with van der Waals surface area (Å²) >= 11 is 0. The van der Waals surface area contributed by atoms with E-state index in [0.29, 0.717) is 0 Å². The monoisotopic (exact) mass is 208 g/mol. The maximum absolute atomic E-state index is 2.35. The Kier molecular flexibility index (Phi) is 2.87. The normalized spacial score (nSPS) is 39.2. The van der Waals surface area contributed by atoms with Gasteiger partial charge in [-0.3, -0.25) is 0 Å².